The van der Waals surface area contributed by atoms with Gasteiger partial charge in [-0.15, -0.1) is 0 Å². The van der Waals surface area contributed by atoms with Gasteiger partial charge in [0.1, 0.15) is 0 Å². The molecule has 0 saturated carbocycles. The number of sulfonamides is 1. The number of morpholine rings is 1. The molecule has 0 atom stereocenters. The largest absolute Gasteiger partial charge is 0.379 e. The maximum Gasteiger partial charge on any atom is 0.243 e. The minimum atomic E-state index is -3.56. The number of allylic oxidation sites excluding steroid dienone is 1. The monoisotopic (exact) mass is 407 g/mol. The molecule has 29 heavy (non-hydrogen) atoms. The van der Waals surface area contributed by atoms with Crippen molar-refractivity contribution in [2.24, 2.45) is 0 Å². The number of hydrogen-bond donors (Lipinski definition) is 0. The van der Waals surface area contributed by atoms with Crippen LogP contribution in [0.2, 0.25) is 0 Å². The van der Waals surface area contributed by atoms with Crippen LogP contribution in [0.1, 0.15) is 15.9 Å². The molecule has 1 aliphatic heterocycles. The second kappa shape index (κ2) is 8.29. The van der Waals surface area contributed by atoms with Crippen LogP contribution in [0.4, 0.5) is 0 Å². The number of hydrogen-bond acceptors (Lipinski definition) is 4. The third kappa shape index (κ3) is 4.29. The highest BCUT2D eigenvalue weighted by atomic mass is 32.2. The minimum absolute atomic E-state index is 0.173. The van der Waals surface area contributed by atoms with Crippen molar-refractivity contribution in [1.29, 1.82) is 0 Å². The molecule has 4 rings (SSSR count). The van der Waals surface area contributed by atoms with Crippen LogP contribution in [-0.4, -0.2) is 44.8 Å². The molecule has 1 saturated heterocycles. The Balaban J connectivity index is 1.49. The second-order valence-corrected chi connectivity index (χ2v) is 8.78. The average Bonchev–Trinajstić information content (AvgIpc) is 2.78. The van der Waals surface area contributed by atoms with Crippen LogP contribution in [-0.2, 0) is 14.8 Å². The van der Waals surface area contributed by atoms with Gasteiger partial charge in [-0.05, 0) is 52.7 Å². The Labute approximate surface area is 170 Å². The lowest BCUT2D eigenvalue weighted by Crippen LogP contribution is -2.40. The van der Waals surface area contributed by atoms with Crippen LogP contribution >= 0.6 is 0 Å². The zero-order valence-electron chi connectivity index (χ0n) is 15.8. The highest BCUT2D eigenvalue weighted by Gasteiger charge is 2.26. The summed E-state index contributed by atoms with van der Waals surface area (Å²) in [4.78, 5) is 12.7. The fourth-order valence-electron chi connectivity index (χ4n) is 3.31. The van der Waals surface area contributed by atoms with E-state index in [1.807, 2.05) is 42.5 Å². The molecule has 3 aromatic rings. The molecule has 0 N–H and O–H groups in total. The summed E-state index contributed by atoms with van der Waals surface area (Å²) in [5.74, 6) is -0.173. The molecule has 1 aliphatic rings. The zero-order chi connectivity index (χ0) is 20.3. The van der Waals surface area contributed by atoms with Crippen molar-refractivity contribution in [3.63, 3.8) is 0 Å². The SMILES string of the molecule is O=C(C=Cc1ccc2ccccc2c1)c1ccc(S(=O)(=O)N2CCOCC2)cc1. The molecule has 3 aromatic carbocycles. The lowest BCUT2D eigenvalue weighted by molar-refractivity contribution is 0.0730. The number of benzene rings is 3. The van der Waals surface area contributed by atoms with Gasteiger partial charge in [-0.25, -0.2) is 8.42 Å². The molecule has 6 heteroatoms. The summed E-state index contributed by atoms with van der Waals surface area (Å²) < 4.78 is 31.9. The van der Waals surface area contributed by atoms with Crippen LogP contribution < -0.4 is 0 Å². The van der Waals surface area contributed by atoms with Gasteiger partial charge in [-0.1, -0.05) is 42.5 Å². The zero-order valence-corrected chi connectivity index (χ0v) is 16.6. The van der Waals surface area contributed by atoms with Crippen LogP contribution in [0.3, 0.4) is 0 Å². The third-order valence-electron chi connectivity index (χ3n) is 4.95. The van der Waals surface area contributed by atoms with Crippen LogP contribution in [0.25, 0.3) is 16.8 Å². The molecule has 0 unspecified atom stereocenters. The topological polar surface area (TPSA) is 63.7 Å². The van der Waals surface area contributed by atoms with Crippen LogP contribution in [0, 0.1) is 0 Å². The van der Waals surface area contributed by atoms with E-state index < -0.39 is 10.0 Å². The van der Waals surface area contributed by atoms with E-state index in [1.165, 1.54) is 22.5 Å². The first-order valence-corrected chi connectivity index (χ1v) is 10.9. The van der Waals surface area contributed by atoms with Crippen molar-refractivity contribution in [2.75, 3.05) is 26.3 Å². The normalized spacial score (nSPS) is 15.7. The molecule has 0 aliphatic carbocycles. The Kier molecular flexibility index (Phi) is 5.58. The van der Waals surface area contributed by atoms with Crippen LogP contribution in [0.5, 0.6) is 0 Å². The summed E-state index contributed by atoms with van der Waals surface area (Å²) in [5, 5.41) is 2.26. The summed E-state index contributed by atoms with van der Waals surface area (Å²) >= 11 is 0. The standard InChI is InChI=1S/C23H21NO4S/c25-23(12-6-18-5-7-19-3-1-2-4-21(19)17-18)20-8-10-22(11-9-20)29(26,27)24-13-15-28-16-14-24/h1-12,17H,13-16H2. The summed E-state index contributed by atoms with van der Waals surface area (Å²) in [6.07, 6.45) is 3.28. The number of ether oxygens (including phenoxy) is 1. The number of nitrogens with zero attached hydrogens (tertiary/aromatic N) is 1. The number of fused-ring (bicyclic) bond motifs is 1. The van der Waals surface area contributed by atoms with Crippen molar-refractivity contribution in [2.45, 2.75) is 4.90 Å². The first kappa shape index (κ1) is 19.5. The molecule has 1 heterocycles. The molecular weight excluding hydrogens is 386 g/mol. The predicted octanol–water partition coefficient (Wildman–Crippen LogP) is 3.76. The van der Waals surface area contributed by atoms with Crippen molar-refractivity contribution < 1.29 is 17.9 Å². The van der Waals surface area contributed by atoms with E-state index in [-0.39, 0.29) is 10.7 Å². The number of carbonyl (C=O) groups is 1. The third-order valence-corrected chi connectivity index (χ3v) is 6.86. The van der Waals surface area contributed by atoms with E-state index in [0.29, 0.717) is 31.9 Å². The number of rotatable bonds is 5. The fourth-order valence-corrected chi connectivity index (χ4v) is 4.71. The smallest absolute Gasteiger partial charge is 0.243 e. The molecule has 5 nitrogen and oxygen atoms in total. The van der Waals surface area contributed by atoms with Gasteiger partial charge in [0.05, 0.1) is 18.1 Å². The van der Waals surface area contributed by atoms with Crippen LogP contribution in [0.15, 0.2) is 77.7 Å². The van der Waals surface area contributed by atoms with Gasteiger partial charge in [0.15, 0.2) is 5.78 Å². The van der Waals surface area contributed by atoms with Gasteiger partial charge in [-0.3, -0.25) is 4.79 Å². The van der Waals surface area contributed by atoms with E-state index >= 15 is 0 Å². The number of carbonyl (C=O) groups excluding carboxylic acids is 1. The van der Waals surface area contributed by atoms with Gasteiger partial charge in [0.2, 0.25) is 10.0 Å². The van der Waals surface area contributed by atoms with E-state index in [9.17, 15) is 13.2 Å². The average molecular weight is 407 g/mol. The maximum atomic E-state index is 12.7. The summed E-state index contributed by atoms with van der Waals surface area (Å²) in [6.45, 7) is 1.49. The molecule has 0 amide bonds. The van der Waals surface area contributed by atoms with Gasteiger partial charge in [-0.2, -0.15) is 4.31 Å². The van der Waals surface area contributed by atoms with E-state index in [2.05, 4.69) is 0 Å². The summed E-state index contributed by atoms with van der Waals surface area (Å²) in [7, 11) is -3.56. The Morgan fingerprint density at radius 2 is 1.59 bits per heavy atom. The molecule has 0 radical (unpaired) electrons. The van der Waals surface area contributed by atoms with E-state index in [4.69, 9.17) is 4.74 Å². The predicted molar refractivity (Wildman–Crippen MR) is 113 cm³/mol. The van der Waals surface area contributed by atoms with E-state index in [1.54, 1.807) is 18.2 Å². The Morgan fingerprint density at radius 3 is 2.31 bits per heavy atom. The summed E-state index contributed by atoms with van der Waals surface area (Å²) in [5.41, 5.74) is 1.38. The van der Waals surface area contributed by atoms with Crippen molar-refractivity contribution in [3.05, 3.63) is 83.9 Å². The first-order valence-electron chi connectivity index (χ1n) is 9.43. The molecule has 0 aromatic heterocycles. The van der Waals surface area contributed by atoms with Crippen molar-refractivity contribution in [1.82, 2.24) is 4.31 Å². The second-order valence-electron chi connectivity index (χ2n) is 6.85. The Hall–Kier alpha value is -2.80. The molecule has 0 bridgehead atoms. The quantitative estimate of drug-likeness (QED) is 0.477. The fraction of sp³-hybridized carbons (Fsp3) is 0.174. The Bertz CT molecular complexity index is 1160. The molecule has 0 spiro atoms. The molecular formula is C23H21NO4S. The van der Waals surface area contributed by atoms with E-state index in [0.717, 1.165) is 16.3 Å². The minimum Gasteiger partial charge on any atom is -0.379 e. The van der Waals surface area contributed by atoms with Gasteiger partial charge < -0.3 is 4.74 Å². The van der Waals surface area contributed by atoms with Crippen molar-refractivity contribution in [3.8, 4) is 0 Å². The highest BCUT2D eigenvalue weighted by Crippen LogP contribution is 2.19. The maximum absolute atomic E-state index is 12.7. The van der Waals surface area contributed by atoms with Gasteiger partial charge in [0, 0.05) is 18.7 Å². The first-order chi connectivity index (χ1) is 14.0. The molecule has 1 fully saturated rings. The number of ketones is 1. The summed E-state index contributed by atoms with van der Waals surface area (Å²) in [6, 6.07) is 20.1. The lowest BCUT2D eigenvalue weighted by Gasteiger charge is -2.26. The highest BCUT2D eigenvalue weighted by molar-refractivity contribution is 7.89. The van der Waals surface area contributed by atoms with Gasteiger partial charge >= 0.3 is 0 Å². The molecule has 148 valence electrons. The lowest BCUT2D eigenvalue weighted by atomic mass is 10.1. The van der Waals surface area contributed by atoms with Gasteiger partial charge in [0.25, 0.3) is 0 Å². The van der Waals surface area contributed by atoms with Crippen molar-refractivity contribution >= 4 is 32.7 Å². The Morgan fingerprint density at radius 1 is 0.897 bits per heavy atom.